The predicted molar refractivity (Wildman–Crippen MR) is 194 cm³/mol. The van der Waals surface area contributed by atoms with E-state index in [9.17, 15) is 19.8 Å². The van der Waals surface area contributed by atoms with Crippen LogP contribution in [0.3, 0.4) is 0 Å². The molecule has 2 heterocycles. The quantitative estimate of drug-likeness (QED) is 0.185. The Labute approximate surface area is 306 Å². The summed E-state index contributed by atoms with van der Waals surface area (Å²) in [4.78, 5) is 26.9. The minimum absolute atomic E-state index is 0.00316. The van der Waals surface area contributed by atoms with Gasteiger partial charge in [0.1, 0.15) is 11.7 Å². The van der Waals surface area contributed by atoms with E-state index in [-0.39, 0.29) is 47.4 Å². The van der Waals surface area contributed by atoms with Crippen LogP contribution in [0.4, 0.5) is 4.79 Å². The second kappa shape index (κ2) is 13.1. The lowest BCUT2D eigenvalue weighted by molar-refractivity contribution is -0.385. The molecule has 51 heavy (non-hydrogen) atoms. The number of carbonyl (C=O) groups excluding carboxylic acids is 2. The molecule has 0 radical (unpaired) electrons. The van der Waals surface area contributed by atoms with Gasteiger partial charge >= 0.3 is 12.1 Å². The van der Waals surface area contributed by atoms with Crippen LogP contribution in [0.15, 0.2) is 23.8 Å². The standard InChI is InChI=1S/C41H67NO9/c1-16-29-49-28-18-27-39(14,20-47-27)32-24(6)41(38(12,13)46)19-26(22(4)30(37(41,10)11)23(5)33(50-29)40(28,32)15)48-34(44)31(43)25(17-21(2)3)42-35(45)51-36(7,8)9/h16,21,23-29,31-33,43,46H,1,17-20H2,2-15H3,(H,42,45)/t23-,24-,25-,26-,27+,28-,29?,31?,32+,33-,39+,40+,41+/m0/s1. The number of amides is 1. The van der Waals surface area contributed by atoms with Gasteiger partial charge < -0.3 is 39.2 Å². The Bertz CT molecular complexity index is 1410. The van der Waals surface area contributed by atoms with Gasteiger partial charge in [0, 0.05) is 28.6 Å². The molecule has 5 rings (SSSR count). The Morgan fingerprint density at radius 3 is 2.22 bits per heavy atom. The van der Waals surface area contributed by atoms with Gasteiger partial charge in [-0.05, 0) is 89.2 Å². The Morgan fingerprint density at radius 1 is 1.08 bits per heavy atom. The van der Waals surface area contributed by atoms with Crippen LogP contribution >= 0.6 is 0 Å². The van der Waals surface area contributed by atoms with Gasteiger partial charge in [-0.15, -0.1) is 0 Å². The van der Waals surface area contributed by atoms with Crippen LogP contribution in [-0.2, 0) is 28.5 Å². The summed E-state index contributed by atoms with van der Waals surface area (Å²) in [7, 11) is 0. The second-order valence-electron chi connectivity index (χ2n) is 19.5. The Balaban J connectivity index is 1.63. The van der Waals surface area contributed by atoms with E-state index in [4.69, 9.17) is 23.7 Å². The van der Waals surface area contributed by atoms with Crippen molar-refractivity contribution >= 4 is 12.1 Å². The maximum atomic E-state index is 14.1. The van der Waals surface area contributed by atoms with E-state index < -0.39 is 64.0 Å². The molecule has 0 spiro atoms. The van der Waals surface area contributed by atoms with Gasteiger partial charge in [-0.2, -0.15) is 0 Å². The van der Waals surface area contributed by atoms with E-state index >= 15 is 0 Å². The summed E-state index contributed by atoms with van der Waals surface area (Å²) >= 11 is 0. The lowest BCUT2D eigenvalue weighted by Crippen LogP contribution is -2.77. The summed E-state index contributed by atoms with van der Waals surface area (Å²) < 4.78 is 31.7. The summed E-state index contributed by atoms with van der Waals surface area (Å²) in [6, 6.07) is -0.922. The molecule has 290 valence electrons. The molecule has 2 bridgehead atoms. The van der Waals surface area contributed by atoms with E-state index in [1.54, 1.807) is 26.8 Å². The number of ether oxygens (including phenoxy) is 5. The van der Waals surface area contributed by atoms with Gasteiger partial charge in [0.25, 0.3) is 0 Å². The van der Waals surface area contributed by atoms with Crippen molar-refractivity contribution in [3.05, 3.63) is 23.8 Å². The molecule has 3 N–H and O–H groups in total. The zero-order valence-electron chi connectivity index (χ0n) is 33.7. The number of aliphatic hydroxyl groups is 2. The van der Waals surface area contributed by atoms with E-state index in [2.05, 4.69) is 53.4 Å². The topological polar surface area (TPSA) is 133 Å². The number of rotatable bonds is 8. The fourth-order valence-corrected chi connectivity index (χ4v) is 12.4. The average Bonchev–Trinajstić information content (AvgIpc) is 2.97. The minimum atomic E-state index is -1.63. The van der Waals surface area contributed by atoms with Gasteiger partial charge in [-0.3, -0.25) is 0 Å². The zero-order chi connectivity index (χ0) is 38.4. The molecule has 13 atom stereocenters. The third kappa shape index (κ3) is 6.21. The Morgan fingerprint density at radius 2 is 1.71 bits per heavy atom. The fourth-order valence-electron chi connectivity index (χ4n) is 12.4. The molecule has 2 saturated carbocycles. The van der Waals surface area contributed by atoms with Gasteiger partial charge in [0.05, 0.1) is 36.6 Å². The van der Waals surface area contributed by atoms with Gasteiger partial charge in [-0.1, -0.05) is 67.5 Å². The second-order valence-corrected chi connectivity index (χ2v) is 19.5. The first-order valence-corrected chi connectivity index (χ1v) is 19.1. The molecule has 1 amide bonds. The number of nitrogens with one attached hydrogen (secondary N) is 1. The molecular weight excluding hydrogens is 650 g/mol. The van der Waals surface area contributed by atoms with E-state index in [0.29, 0.717) is 19.4 Å². The van der Waals surface area contributed by atoms with E-state index in [1.165, 1.54) is 0 Å². The number of fused-ring (bicyclic) bond motifs is 4. The number of hydrogen-bond acceptors (Lipinski definition) is 9. The SMILES string of the molecule is C=CC1O[C@H]2C[C@H]3OC[C@@]3(C)[C@H]3[C@H](C)[C@]4(C(C)(C)O)C[C@H](OC(=O)C(O)[C@H](CC(C)C)NC(=O)OC(C)(C)C)C(C)=C([C@H](C)[C@H](O1)[C@]23C)C4(C)C. The average molecular weight is 718 g/mol. The van der Waals surface area contributed by atoms with Gasteiger partial charge in [0.2, 0.25) is 0 Å². The van der Waals surface area contributed by atoms with Crippen molar-refractivity contribution in [1.82, 2.24) is 5.32 Å². The summed E-state index contributed by atoms with van der Waals surface area (Å²) in [6.45, 7) is 33.2. The third-order valence-corrected chi connectivity index (χ3v) is 14.0. The maximum Gasteiger partial charge on any atom is 0.407 e. The smallest absolute Gasteiger partial charge is 0.407 e. The Kier molecular flexibility index (Phi) is 10.3. The van der Waals surface area contributed by atoms with Crippen molar-refractivity contribution in [2.75, 3.05) is 6.61 Å². The molecule has 2 saturated heterocycles. The highest BCUT2D eigenvalue weighted by Gasteiger charge is 2.76. The van der Waals surface area contributed by atoms with Crippen LogP contribution < -0.4 is 5.32 Å². The van der Waals surface area contributed by atoms with Crippen molar-refractivity contribution in [3.63, 3.8) is 0 Å². The molecule has 10 nitrogen and oxygen atoms in total. The number of hydrogen-bond donors (Lipinski definition) is 3. The van der Waals surface area contributed by atoms with E-state index in [1.807, 2.05) is 34.6 Å². The van der Waals surface area contributed by atoms with Crippen LogP contribution in [0.25, 0.3) is 0 Å². The number of aliphatic hydroxyl groups excluding tert-OH is 1. The fraction of sp³-hybridized carbons (Fsp3) is 0.854. The highest BCUT2D eigenvalue weighted by Crippen LogP contribution is 2.74. The van der Waals surface area contributed by atoms with Crippen LogP contribution in [-0.4, -0.2) is 82.9 Å². The number of alkyl carbamates (subject to hydrolysis) is 1. The monoisotopic (exact) mass is 717 g/mol. The molecule has 10 heteroatoms. The van der Waals surface area contributed by atoms with Crippen LogP contribution in [0.2, 0.25) is 0 Å². The largest absolute Gasteiger partial charge is 0.456 e. The van der Waals surface area contributed by atoms with Crippen molar-refractivity contribution in [2.45, 2.75) is 170 Å². The maximum absolute atomic E-state index is 14.1. The molecule has 0 aromatic carbocycles. The lowest BCUT2D eigenvalue weighted by Gasteiger charge is -2.74. The van der Waals surface area contributed by atoms with Crippen LogP contribution in [0, 0.1) is 45.3 Å². The summed E-state index contributed by atoms with van der Waals surface area (Å²) in [6.07, 6.45) is -0.905. The Hall–Kier alpha value is -1.98. The first-order valence-electron chi connectivity index (χ1n) is 19.1. The molecule has 5 aliphatic rings. The molecule has 2 aliphatic heterocycles. The van der Waals surface area contributed by atoms with Gasteiger partial charge in [-0.25, -0.2) is 9.59 Å². The first-order chi connectivity index (χ1) is 23.3. The van der Waals surface area contributed by atoms with Crippen LogP contribution in [0.1, 0.15) is 116 Å². The molecular formula is C41H67NO9. The number of esters is 1. The predicted octanol–water partition coefficient (Wildman–Crippen LogP) is 6.72. The molecule has 3 aliphatic carbocycles. The lowest BCUT2D eigenvalue weighted by atomic mass is 9.34. The van der Waals surface area contributed by atoms with Crippen LogP contribution in [0.5, 0.6) is 0 Å². The summed E-state index contributed by atoms with van der Waals surface area (Å²) in [5.74, 6) is -1.01. The zero-order valence-corrected chi connectivity index (χ0v) is 33.7. The molecule has 4 fully saturated rings. The minimum Gasteiger partial charge on any atom is -0.456 e. The third-order valence-electron chi connectivity index (χ3n) is 14.0. The molecule has 2 unspecified atom stereocenters. The first kappa shape index (κ1) is 40.2. The normalized spacial score (nSPS) is 41.5. The van der Waals surface area contributed by atoms with Crippen molar-refractivity contribution in [2.24, 2.45) is 45.3 Å². The van der Waals surface area contributed by atoms with Crippen molar-refractivity contribution in [3.8, 4) is 0 Å². The highest BCUT2D eigenvalue weighted by molar-refractivity contribution is 5.77. The van der Waals surface area contributed by atoms with Crippen molar-refractivity contribution in [1.29, 1.82) is 0 Å². The van der Waals surface area contributed by atoms with Gasteiger partial charge in [0.15, 0.2) is 12.4 Å². The summed E-state index contributed by atoms with van der Waals surface area (Å²) in [5, 5.41) is 26.9. The van der Waals surface area contributed by atoms with E-state index in [0.717, 1.165) is 17.6 Å². The molecule has 0 aromatic rings. The molecule has 0 aromatic heterocycles. The highest BCUT2D eigenvalue weighted by atomic mass is 16.7. The summed E-state index contributed by atoms with van der Waals surface area (Å²) in [5.41, 5.74) is -1.98. The van der Waals surface area contributed by atoms with Crippen molar-refractivity contribution < 1.29 is 43.5 Å². The number of carbonyl (C=O) groups is 2.